The molecule has 0 amide bonds. The molecule has 0 aliphatic carbocycles. The van der Waals surface area contributed by atoms with Crippen molar-refractivity contribution in [3.8, 4) is 5.75 Å². The van der Waals surface area contributed by atoms with E-state index in [1.54, 1.807) is 12.1 Å². The predicted octanol–water partition coefficient (Wildman–Crippen LogP) is 1.00. The van der Waals surface area contributed by atoms with Crippen LogP contribution in [0.4, 0.5) is 5.69 Å². The van der Waals surface area contributed by atoms with Gasteiger partial charge in [-0.2, -0.15) is 0 Å². The molecule has 0 spiro atoms. The summed E-state index contributed by atoms with van der Waals surface area (Å²) in [5.41, 5.74) is 6.00. The topological polar surface area (TPSA) is 75.7 Å². The van der Waals surface area contributed by atoms with E-state index >= 15 is 0 Å². The summed E-state index contributed by atoms with van der Waals surface area (Å²) in [5.74, 6) is 0.349. The molecule has 1 atom stereocenters. The maximum Gasteiger partial charge on any atom is 0.199 e. The van der Waals surface area contributed by atoms with Crippen LogP contribution in [0.1, 0.15) is 6.42 Å². The van der Waals surface area contributed by atoms with Crippen molar-refractivity contribution in [2.75, 3.05) is 12.3 Å². The van der Waals surface area contributed by atoms with Crippen LogP contribution < -0.4 is 10.5 Å². The minimum Gasteiger partial charge on any atom is -0.464 e. The summed E-state index contributed by atoms with van der Waals surface area (Å²) in [6.07, 6.45) is -0.915. The van der Waals surface area contributed by atoms with Gasteiger partial charge in [0.2, 0.25) is 0 Å². The number of rotatable bonds is 4. The predicted molar refractivity (Wildman–Crippen MR) is 54.2 cm³/mol. The van der Waals surface area contributed by atoms with Crippen molar-refractivity contribution < 1.29 is 14.9 Å². The highest BCUT2D eigenvalue weighted by Crippen LogP contribution is 2.27. The van der Waals surface area contributed by atoms with Crippen LogP contribution >= 0.6 is 11.6 Å². The Bertz CT molecular complexity index is 306. The third-order valence-electron chi connectivity index (χ3n) is 1.59. The van der Waals surface area contributed by atoms with Crippen LogP contribution in [0.3, 0.4) is 0 Å². The Morgan fingerprint density at radius 2 is 2.21 bits per heavy atom. The molecule has 4 N–H and O–H groups in total. The fourth-order valence-corrected chi connectivity index (χ4v) is 1.16. The van der Waals surface area contributed by atoms with E-state index in [1.807, 2.05) is 0 Å². The van der Waals surface area contributed by atoms with Crippen LogP contribution in [0.5, 0.6) is 5.75 Å². The molecule has 0 saturated carbocycles. The SMILES string of the molecule is Nc1ccc(OC(O)CCO)c(Cl)c1. The molecular formula is C9H12ClNO3. The van der Waals surface area contributed by atoms with Crippen LogP contribution in [0.2, 0.25) is 5.02 Å². The number of anilines is 1. The highest BCUT2D eigenvalue weighted by atomic mass is 35.5. The largest absolute Gasteiger partial charge is 0.464 e. The van der Waals surface area contributed by atoms with Gasteiger partial charge in [0.05, 0.1) is 5.02 Å². The zero-order valence-electron chi connectivity index (χ0n) is 7.48. The lowest BCUT2D eigenvalue weighted by Gasteiger charge is -2.13. The fourth-order valence-electron chi connectivity index (χ4n) is 0.929. The van der Waals surface area contributed by atoms with Gasteiger partial charge >= 0.3 is 0 Å². The Kier molecular flexibility index (Phi) is 4.00. The summed E-state index contributed by atoms with van der Waals surface area (Å²) in [5, 5.41) is 18.1. The Balaban J connectivity index is 2.67. The van der Waals surface area contributed by atoms with Crippen molar-refractivity contribution in [2.24, 2.45) is 0 Å². The van der Waals surface area contributed by atoms with Crippen molar-refractivity contribution >= 4 is 17.3 Å². The van der Waals surface area contributed by atoms with E-state index in [0.717, 1.165) is 0 Å². The van der Waals surface area contributed by atoms with Gasteiger partial charge in [0.1, 0.15) is 5.75 Å². The summed E-state index contributed by atoms with van der Waals surface area (Å²) in [7, 11) is 0. The van der Waals surface area contributed by atoms with Gasteiger partial charge in [-0.15, -0.1) is 0 Å². The molecule has 1 aromatic rings. The van der Waals surface area contributed by atoms with E-state index < -0.39 is 6.29 Å². The number of nitrogens with two attached hydrogens (primary N) is 1. The lowest BCUT2D eigenvalue weighted by molar-refractivity contribution is -0.0326. The van der Waals surface area contributed by atoms with E-state index in [0.29, 0.717) is 16.5 Å². The standard InChI is InChI=1S/C9H12ClNO3/c10-7-5-6(11)1-2-8(7)14-9(13)3-4-12/h1-2,5,9,12-13H,3-4,11H2. The zero-order chi connectivity index (χ0) is 10.6. The first-order valence-corrected chi connectivity index (χ1v) is 4.52. The Labute approximate surface area is 86.9 Å². The van der Waals surface area contributed by atoms with Crippen LogP contribution in [0.15, 0.2) is 18.2 Å². The molecule has 5 heteroatoms. The fraction of sp³-hybridized carbons (Fsp3) is 0.333. The second-order valence-corrected chi connectivity index (χ2v) is 3.18. The Hall–Kier alpha value is -0.970. The average Bonchev–Trinajstić information content (AvgIpc) is 2.10. The molecule has 0 aliphatic heterocycles. The maximum absolute atomic E-state index is 9.22. The molecule has 0 fully saturated rings. The van der Waals surface area contributed by atoms with E-state index in [2.05, 4.69) is 0 Å². The number of hydrogen-bond acceptors (Lipinski definition) is 4. The number of ether oxygens (including phenoxy) is 1. The molecule has 0 radical (unpaired) electrons. The van der Waals surface area contributed by atoms with Gasteiger partial charge in [-0.05, 0) is 18.2 Å². The van der Waals surface area contributed by atoms with Gasteiger partial charge in [0, 0.05) is 18.7 Å². The van der Waals surface area contributed by atoms with Gasteiger partial charge in [-0.1, -0.05) is 11.6 Å². The first-order valence-electron chi connectivity index (χ1n) is 4.14. The number of aliphatic hydroxyl groups is 2. The third-order valence-corrected chi connectivity index (χ3v) is 1.89. The Morgan fingerprint density at radius 3 is 2.79 bits per heavy atom. The molecular weight excluding hydrogens is 206 g/mol. The molecule has 0 aromatic heterocycles. The Morgan fingerprint density at radius 1 is 1.50 bits per heavy atom. The van der Waals surface area contributed by atoms with Crippen molar-refractivity contribution in [1.29, 1.82) is 0 Å². The van der Waals surface area contributed by atoms with Crippen molar-refractivity contribution in [2.45, 2.75) is 12.7 Å². The first kappa shape index (κ1) is 11.1. The van der Waals surface area contributed by atoms with Crippen LogP contribution in [-0.4, -0.2) is 23.1 Å². The van der Waals surface area contributed by atoms with Crippen molar-refractivity contribution in [3.63, 3.8) is 0 Å². The summed E-state index contributed by atoms with van der Waals surface area (Å²) >= 11 is 5.80. The van der Waals surface area contributed by atoms with Gasteiger partial charge < -0.3 is 20.7 Å². The van der Waals surface area contributed by atoms with Gasteiger partial charge in [0.15, 0.2) is 6.29 Å². The molecule has 0 bridgehead atoms. The van der Waals surface area contributed by atoms with E-state index in [1.165, 1.54) is 6.07 Å². The summed E-state index contributed by atoms with van der Waals surface area (Å²) in [6, 6.07) is 4.72. The minimum atomic E-state index is -1.05. The average molecular weight is 218 g/mol. The lowest BCUT2D eigenvalue weighted by atomic mass is 10.3. The molecule has 14 heavy (non-hydrogen) atoms. The van der Waals surface area contributed by atoms with E-state index in [4.69, 9.17) is 27.2 Å². The molecule has 0 aliphatic rings. The molecule has 4 nitrogen and oxygen atoms in total. The van der Waals surface area contributed by atoms with Gasteiger partial charge in [0.25, 0.3) is 0 Å². The van der Waals surface area contributed by atoms with Gasteiger partial charge in [-0.25, -0.2) is 0 Å². The van der Waals surface area contributed by atoms with Crippen LogP contribution in [0.25, 0.3) is 0 Å². The highest BCUT2D eigenvalue weighted by molar-refractivity contribution is 6.32. The summed E-state index contributed by atoms with van der Waals surface area (Å²) in [6.45, 7) is -0.145. The zero-order valence-corrected chi connectivity index (χ0v) is 8.24. The van der Waals surface area contributed by atoms with E-state index in [-0.39, 0.29) is 13.0 Å². The molecule has 1 aromatic carbocycles. The summed E-state index contributed by atoms with van der Waals surface area (Å²) < 4.78 is 5.05. The second-order valence-electron chi connectivity index (χ2n) is 2.77. The maximum atomic E-state index is 9.22. The van der Waals surface area contributed by atoms with Crippen molar-refractivity contribution in [3.05, 3.63) is 23.2 Å². The highest BCUT2D eigenvalue weighted by Gasteiger charge is 2.08. The number of halogens is 1. The summed E-state index contributed by atoms with van der Waals surface area (Å²) in [4.78, 5) is 0. The van der Waals surface area contributed by atoms with Crippen LogP contribution in [0, 0.1) is 0 Å². The first-order chi connectivity index (χ1) is 6.63. The van der Waals surface area contributed by atoms with Gasteiger partial charge in [-0.3, -0.25) is 0 Å². The van der Waals surface area contributed by atoms with E-state index in [9.17, 15) is 5.11 Å². The molecule has 1 unspecified atom stereocenters. The number of aliphatic hydroxyl groups excluding tert-OH is 2. The minimum absolute atomic E-state index is 0.140. The second kappa shape index (κ2) is 5.05. The molecule has 0 saturated heterocycles. The quantitative estimate of drug-likeness (QED) is 0.520. The number of nitrogen functional groups attached to an aromatic ring is 1. The third kappa shape index (κ3) is 3.06. The lowest BCUT2D eigenvalue weighted by Crippen LogP contribution is -2.17. The monoisotopic (exact) mass is 217 g/mol. The van der Waals surface area contributed by atoms with Crippen molar-refractivity contribution in [1.82, 2.24) is 0 Å². The molecule has 78 valence electrons. The molecule has 1 rings (SSSR count). The number of benzene rings is 1. The normalized spacial score (nSPS) is 12.5. The molecule has 0 heterocycles. The smallest absolute Gasteiger partial charge is 0.199 e. The van der Waals surface area contributed by atoms with Crippen LogP contribution in [-0.2, 0) is 0 Å². The number of hydrogen-bond donors (Lipinski definition) is 3.